The van der Waals surface area contributed by atoms with Crippen molar-refractivity contribution in [2.45, 2.75) is 57.6 Å². The quantitative estimate of drug-likeness (QED) is 0.869. The van der Waals surface area contributed by atoms with Gasteiger partial charge in [-0.05, 0) is 52.2 Å². The molecule has 0 spiro atoms. The number of nitrogens with one attached hydrogen (secondary N) is 1. The molecule has 27 heavy (non-hydrogen) atoms. The molecule has 0 bridgehead atoms. The fourth-order valence-corrected chi connectivity index (χ4v) is 3.72. The fourth-order valence-electron chi connectivity index (χ4n) is 3.72. The predicted octanol–water partition coefficient (Wildman–Crippen LogP) is 3.58. The first kappa shape index (κ1) is 19.6. The number of carbonyl (C=O) groups excluding carboxylic acids is 2. The number of ether oxygens (including phenoxy) is 1. The SMILES string of the molecule is CC(C)(C)OC(=O)NC[C@@H]1CCCN1C(=O)[C@@H]1C[C@@H]1c1c(F)cccc1F. The Balaban J connectivity index is 1.58. The van der Waals surface area contributed by atoms with E-state index in [9.17, 15) is 18.4 Å². The van der Waals surface area contributed by atoms with Gasteiger partial charge in [0.15, 0.2) is 0 Å². The molecule has 2 amide bonds. The molecule has 1 saturated carbocycles. The minimum absolute atomic E-state index is 0.0125. The maximum Gasteiger partial charge on any atom is 0.407 e. The second kappa shape index (κ2) is 7.44. The maximum atomic E-state index is 14.0. The maximum absolute atomic E-state index is 14.0. The number of benzene rings is 1. The molecule has 1 heterocycles. The van der Waals surface area contributed by atoms with E-state index in [-0.39, 0.29) is 17.5 Å². The lowest BCUT2D eigenvalue weighted by molar-refractivity contribution is -0.133. The van der Waals surface area contributed by atoms with Crippen LogP contribution in [-0.2, 0) is 9.53 Å². The highest BCUT2D eigenvalue weighted by Crippen LogP contribution is 2.50. The summed E-state index contributed by atoms with van der Waals surface area (Å²) in [5.41, 5.74) is -0.571. The van der Waals surface area contributed by atoms with Crippen LogP contribution in [-0.4, -0.2) is 41.6 Å². The van der Waals surface area contributed by atoms with Crippen LogP contribution in [0.4, 0.5) is 13.6 Å². The standard InChI is InChI=1S/C20H26F2N2O3/c1-20(2,3)27-19(26)23-11-12-6-5-9-24(12)18(25)14-10-13(14)17-15(21)7-4-8-16(17)22/h4,7-8,12-14H,5-6,9-11H2,1-3H3,(H,23,26)/t12-,13-,14+/m0/s1. The summed E-state index contributed by atoms with van der Waals surface area (Å²) in [5, 5.41) is 2.71. The molecule has 2 aliphatic rings. The second-order valence-electron chi connectivity index (χ2n) is 8.29. The molecule has 1 aromatic rings. The summed E-state index contributed by atoms with van der Waals surface area (Å²) in [4.78, 5) is 26.4. The molecule has 7 heteroatoms. The van der Waals surface area contributed by atoms with E-state index in [0.29, 0.717) is 19.5 Å². The number of carbonyl (C=O) groups is 2. The molecule has 0 unspecified atom stereocenters. The number of hydrogen-bond donors (Lipinski definition) is 1. The van der Waals surface area contributed by atoms with Gasteiger partial charge in [0, 0.05) is 36.5 Å². The first-order valence-electron chi connectivity index (χ1n) is 9.38. The van der Waals surface area contributed by atoms with Crippen molar-refractivity contribution >= 4 is 12.0 Å². The van der Waals surface area contributed by atoms with Gasteiger partial charge in [0.05, 0.1) is 0 Å². The van der Waals surface area contributed by atoms with Gasteiger partial charge < -0.3 is 15.0 Å². The Labute approximate surface area is 158 Å². The van der Waals surface area contributed by atoms with Crippen LogP contribution in [0.15, 0.2) is 18.2 Å². The zero-order chi connectivity index (χ0) is 19.8. The largest absolute Gasteiger partial charge is 0.444 e. The average Bonchev–Trinajstić information content (AvgIpc) is 3.18. The van der Waals surface area contributed by atoms with E-state index in [1.54, 1.807) is 25.7 Å². The molecule has 1 aromatic carbocycles. The van der Waals surface area contributed by atoms with E-state index in [1.165, 1.54) is 18.2 Å². The van der Waals surface area contributed by atoms with Crippen LogP contribution < -0.4 is 5.32 Å². The monoisotopic (exact) mass is 380 g/mol. The van der Waals surface area contributed by atoms with Gasteiger partial charge >= 0.3 is 6.09 Å². The van der Waals surface area contributed by atoms with E-state index in [0.717, 1.165) is 12.8 Å². The molecule has 2 fully saturated rings. The first-order chi connectivity index (χ1) is 12.7. The Morgan fingerprint density at radius 1 is 1.26 bits per heavy atom. The third-order valence-corrected chi connectivity index (χ3v) is 5.02. The number of alkyl carbamates (subject to hydrolysis) is 1. The van der Waals surface area contributed by atoms with E-state index in [4.69, 9.17) is 4.74 Å². The Morgan fingerprint density at radius 2 is 1.93 bits per heavy atom. The Kier molecular flexibility index (Phi) is 5.40. The van der Waals surface area contributed by atoms with Gasteiger partial charge in [-0.3, -0.25) is 4.79 Å². The van der Waals surface area contributed by atoms with Crippen molar-refractivity contribution in [2.75, 3.05) is 13.1 Å². The lowest BCUT2D eigenvalue weighted by atomic mass is 10.1. The Bertz CT molecular complexity index is 712. The van der Waals surface area contributed by atoms with Crippen molar-refractivity contribution in [1.82, 2.24) is 10.2 Å². The number of nitrogens with zero attached hydrogens (tertiary/aromatic N) is 1. The first-order valence-corrected chi connectivity index (χ1v) is 9.38. The van der Waals surface area contributed by atoms with Crippen LogP contribution in [0.25, 0.3) is 0 Å². The van der Waals surface area contributed by atoms with Gasteiger partial charge in [-0.2, -0.15) is 0 Å². The van der Waals surface area contributed by atoms with Crippen molar-refractivity contribution in [1.29, 1.82) is 0 Å². The minimum Gasteiger partial charge on any atom is -0.444 e. The summed E-state index contributed by atoms with van der Waals surface area (Å²) in [6.45, 7) is 6.27. The predicted molar refractivity (Wildman–Crippen MR) is 96.2 cm³/mol. The van der Waals surface area contributed by atoms with Gasteiger partial charge in [-0.15, -0.1) is 0 Å². The molecule has 1 N–H and O–H groups in total. The summed E-state index contributed by atoms with van der Waals surface area (Å²) in [7, 11) is 0. The van der Waals surface area contributed by atoms with Crippen LogP contribution in [0.5, 0.6) is 0 Å². The molecular weight excluding hydrogens is 354 g/mol. The van der Waals surface area contributed by atoms with Gasteiger partial charge in [-0.1, -0.05) is 6.07 Å². The molecule has 1 saturated heterocycles. The highest BCUT2D eigenvalue weighted by Gasteiger charge is 2.49. The number of likely N-dealkylation sites (tertiary alicyclic amines) is 1. The van der Waals surface area contributed by atoms with Crippen LogP contribution >= 0.6 is 0 Å². The third kappa shape index (κ3) is 4.57. The van der Waals surface area contributed by atoms with E-state index < -0.39 is 35.2 Å². The van der Waals surface area contributed by atoms with Gasteiger partial charge in [0.1, 0.15) is 17.2 Å². The van der Waals surface area contributed by atoms with E-state index >= 15 is 0 Å². The molecule has 1 aliphatic heterocycles. The molecule has 0 aromatic heterocycles. The highest BCUT2D eigenvalue weighted by atomic mass is 19.1. The van der Waals surface area contributed by atoms with Crippen LogP contribution in [0.2, 0.25) is 0 Å². The molecule has 5 nitrogen and oxygen atoms in total. The normalized spacial score (nSPS) is 24.6. The second-order valence-corrected chi connectivity index (χ2v) is 8.29. The van der Waals surface area contributed by atoms with Crippen molar-refractivity contribution < 1.29 is 23.1 Å². The number of rotatable bonds is 4. The Hall–Kier alpha value is -2.18. The van der Waals surface area contributed by atoms with Crippen molar-refractivity contribution in [3.8, 4) is 0 Å². The van der Waals surface area contributed by atoms with Crippen molar-refractivity contribution in [2.24, 2.45) is 5.92 Å². The summed E-state index contributed by atoms with van der Waals surface area (Å²) in [6, 6.07) is 3.66. The zero-order valence-electron chi connectivity index (χ0n) is 15.9. The van der Waals surface area contributed by atoms with E-state index in [2.05, 4.69) is 5.32 Å². The van der Waals surface area contributed by atoms with Crippen molar-refractivity contribution in [3.63, 3.8) is 0 Å². The average molecular weight is 380 g/mol. The molecule has 0 radical (unpaired) electrons. The molecule has 1 aliphatic carbocycles. The van der Waals surface area contributed by atoms with Gasteiger partial charge in [0.25, 0.3) is 0 Å². The molecular formula is C20H26F2N2O3. The molecule has 3 atom stereocenters. The number of amides is 2. The molecule has 3 rings (SSSR count). The zero-order valence-corrected chi connectivity index (χ0v) is 15.9. The lowest BCUT2D eigenvalue weighted by Crippen LogP contribution is -2.45. The van der Waals surface area contributed by atoms with Gasteiger partial charge in [0.2, 0.25) is 5.91 Å². The summed E-state index contributed by atoms with van der Waals surface area (Å²) < 4.78 is 33.1. The minimum atomic E-state index is -0.597. The number of hydrogen-bond acceptors (Lipinski definition) is 3. The highest BCUT2D eigenvalue weighted by molar-refractivity contribution is 5.83. The van der Waals surface area contributed by atoms with Crippen LogP contribution in [0, 0.1) is 17.6 Å². The smallest absolute Gasteiger partial charge is 0.407 e. The van der Waals surface area contributed by atoms with Crippen LogP contribution in [0.1, 0.15) is 51.5 Å². The lowest BCUT2D eigenvalue weighted by Gasteiger charge is -2.26. The fraction of sp³-hybridized carbons (Fsp3) is 0.600. The third-order valence-electron chi connectivity index (χ3n) is 5.02. The summed E-state index contributed by atoms with van der Waals surface area (Å²) in [6.07, 6.45) is 1.57. The van der Waals surface area contributed by atoms with Gasteiger partial charge in [-0.25, -0.2) is 13.6 Å². The topological polar surface area (TPSA) is 58.6 Å². The molecule has 148 valence electrons. The van der Waals surface area contributed by atoms with Crippen LogP contribution in [0.3, 0.4) is 0 Å². The van der Waals surface area contributed by atoms with E-state index in [1.807, 2.05) is 0 Å². The summed E-state index contributed by atoms with van der Waals surface area (Å²) in [5.74, 6) is -2.08. The Morgan fingerprint density at radius 3 is 2.56 bits per heavy atom. The van der Waals surface area contributed by atoms with Crippen molar-refractivity contribution in [3.05, 3.63) is 35.4 Å². The summed E-state index contributed by atoms with van der Waals surface area (Å²) >= 11 is 0. The number of halogens is 2.